The molecular weight excluding hydrogens is 174 g/mol. The standard InChI is InChI=1S/C11H23NO.CH4/c1-2-3-4-6-9-12-10-7-5-8-11(12)13;/h11,13H,2-10H2,1H3;1H4. The minimum atomic E-state index is -0.143. The highest BCUT2D eigenvalue weighted by molar-refractivity contribution is 4.68. The molecule has 86 valence electrons. The molecule has 1 aliphatic rings. The Labute approximate surface area is 89.3 Å². The monoisotopic (exact) mass is 201 g/mol. The van der Waals surface area contributed by atoms with E-state index in [9.17, 15) is 5.11 Å². The van der Waals surface area contributed by atoms with E-state index in [1.165, 1.54) is 38.5 Å². The quantitative estimate of drug-likeness (QED) is 0.691. The maximum Gasteiger partial charge on any atom is 0.107 e. The minimum absolute atomic E-state index is 0. The van der Waals surface area contributed by atoms with Crippen LogP contribution in [-0.4, -0.2) is 29.3 Å². The van der Waals surface area contributed by atoms with Crippen molar-refractivity contribution in [2.45, 2.75) is 65.5 Å². The van der Waals surface area contributed by atoms with E-state index in [0.717, 1.165) is 19.5 Å². The van der Waals surface area contributed by atoms with Crippen molar-refractivity contribution in [3.8, 4) is 0 Å². The first kappa shape index (κ1) is 13.9. The molecule has 1 saturated heterocycles. The Morgan fingerprint density at radius 1 is 1.21 bits per heavy atom. The third-order valence-electron chi connectivity index (χ3n) is 2.88. The van der Waals surface area contributed by atoms with Gasteiger partial charge in [0, 0.05) is 13.1 Å². The lowest BCUT2D eigenvalue weighted by molar-refractivity contribution is -0.0243. The molecule has 0 aromatic heterocycles. The second-order valence-electron chi connectivity index (χ2n) is 4.07. The summed E-state index contributed by atoms with van der Waals surface area (Å²) in [4.78, 5) is 2.24. The molecule has 0 saturated carbocycles. The van der Waals surface area contributed by atoms with Crippen LogP contribution >= 0.6 is 0 Å². The molecule has 0 aromatic carbocycles. The molecule has 0 aromatic rings. The van der Waals surface area contributed by atoms with Crippen LogP contribution in [0.2, 0.25) is 0 Å². The van der Waals surface area contributed by atoms with Crippen LogP contribution in [-0.2, 0) is 0 Å². The van der Waals surface area contributed by atoms with Gasteiger partial charge in [-0.05, 0) is 25.7 Å². The van der Waals surface area contributed by atoms with Crippen molar-refractivity contribution in [1.29, 1.82) is 0 Å². The van der Waals surface area contributed by atoms with E-state index in [1.807, 2.05) is 0 Å². The summed E-state index contributed by atoms with van der Waals surface area (Å²) < 4.78 is 0. The molecule has 1 N–H and O–H groups in total. The fourth-order valence-corrected chi connectivity index (χ4v) is 1.98. The zero-order valence-corrected chi connectivity index (χ0v) is 8.84. The van der Waals surface area contributed by atoms with Gasteiger partial charge in [-0.2, -0.15) is 0 Å². The second kappa shape index (κ2) is 8.25. The molecule has 1 aliphatic heterocycles. The molecular formula is C12H27NO. The Bertz CT molecular complexity index is 127. The third-order valence-corrected chi connectivity index (χ3v) is 2.88. The van der Waals surface area contributed by atoms with Gasteiger partial charge in [0.2, 0.25) is 0 Å². The van der Waals surface area contributed by atoms with Crippen molar-refractivity contribution in [1.82, 2.24) is 4.90 Å². The smallest absolute Gasteiger partial charge is 0.107 e. The first-order valence-corrected chi connectivity index (χ1v) is 5.76. The van der Waals surface area contributed by atoms with E-state index in [0.29, 0.717) is 0 Å². The number of aliphatic hydroxyl groups excluding tert-OH is 1. The number of unbranched alkanes of at least 4 members (excludes halogenated alkanes) is 3. The van der Waals surface area contributed by atoms with Gasteiger partial charge in [-0.1, -0.05) is 33.6 Å². The molecule has 0 aliphatic carbocycles. The number of nitrogens with zero attached hydrogens (tertiary/aromatic N) is 1. The molecule has 0 spiro atoms. The van der Waals surface area contributed by atoms with Crippen LogP contribution in [0.15, 0.2) is 0 Å². The third kappa shape index (κ3) is 4.97. The Balaban J connectivity index is 0.00000169. The largest absolute Gasteiger partial charge is 0.378 e. The summed E-state index contributed by atoms with van der Waals surface area (Å²) in [5.74, 6) is 0. The highest BCUT2D eigenvalue weighted by Crippen LogP contribution is 2.15. The van der Waals surface area contributed by atoms with Crippen LogP contribution in [0.25, 0.3) is 0 Å². The summed E-state index contributed by atoms with van der Waals surface area (Å²) in [6.07, 6.45) is 8.51. The van der Waals surface area contributed by atoms with Crippen LogP contribution in [0.1, 0.15) is 59.3 Å². The topological polar surface area (TPSA) is 23.5 Å². The van der Waals surface area contributed by atoms with Gasteiger partial charge in [-0.15, -0.1) is 0 Å². The van der Waals surface area contributed by atoms with Gasteiger partial charge < -0.3 is 5.11 Å². The predicted octanol–water partition coefficient (Wildman–Crippen LogP) is 3.01. The molecule has 1 unspecified atom stereocenters. The molecule has 0 bridgehead atoms. The summed E-state index contributed by atoms with van der Waals surface area (Å²) in [6.45, 7) is 4.43. The average molecular weight is 201 g/mol. The average Bonchev–Trinajstić information content (AvgIpc) is 2.15. The van der Waals surface area contributed by atoms with Gasteiger partial charge in [0.15, 0.2) is 0 Å². The lowest BCUT2D eigenvalue weighted by atomic mass is 10.1. The zero-order chi connectivity index (χ0) is 9.52. The van der Waals surface area contributed by atoms with Crippen molar-refractivity contribution >= 4 is 0 Å². The van der Waals surface area contributed by atoms with Crippen molar-refractivity contribution < 1.29 is 5.11 Å². The molecule has 0 amide bonds. The first-order chi connectivity index (χ1) is 6.34. The summed E-state index contributed by atoms with van der Waals surface area (Å²) in [7, 11) is 0. The van der Waals surface area contributed by atoms with Gasteiger partial charge in [0.05, 0.1) is 0 Å². The number of rotatable bonds is 5. The van der Waals surface area contributed by atoms with Gasteiger partial charge in [0.1, 0.15) is 6.23 Å². The molecule has 2 nitrogen and oxygen atoms in total. The minimum Gasteiger partial charge on any atom is -0.378 e. The van der Waals surface area contributed by atoms with Crippen LogP contribution in [0, 0.1) is 0 Å². The number of piperidine rings is 1. The van der Waals surface area contributed by atoms with E-state index in [4.69, 9.17) is 0 Å². The lowest BCUT2D eigenvalue weighted by Crippen LogP contribution is -2.39. The van der Waals surface area contributed by atoms with Crippen LogP contribution in [0.3, 0.4) is 0 Å². The van der Waals surface area contributed by atoms with Crippen LogP contribution in [0.5, 0.6) is 0 Å². The zero-order valence-electron chi connectivity index (χ0n) is 8.84. The maximum absolute atomic E-state index is 9.65. The predicted molar refractivity (Wildman–Crippen MR) is 62.3 cm³/mol. The second-order valence-corrected chi connectivity index (χ2v) is 4.07. The summed E-state index contributed by atoms with van der Waals surface area (Å²) >= 11 is 0. The van der Waals surface area contributed by atoms with E-state index in [1.54, 1.807) is 0 Å². The van der Waals surface area contributed by atoms with E-state index >= 15 is 0 Å². The summed E-state index contributed by atoms with van der Waals surface area (Å²) in [5, 5.41) is 9.65. The summed E-state index contributed by atoms with van der Waals surface area (Å²) in [5.41, 5.74) is 0. The summed E-state index contributed by atoms with van der Waals surface area (Å²) in [6, 6.07) is 0. The van der Waals surface area contributed by atoms with E-state index in [-0.39, 0.29) is 13.7 Å². The molecule has 2 heteroatoms. The van der Waals surface area contributed by atoms with Gasteiger partial charge in [-0.3, -0.25) is 4.90 Å². The van der Waals surface area contributed by atoms with E-state index < -0.39 is 0 Å². The van der Waals surface area contributed by atoms with Crippen molar-refractivity contribution in [2.75, 3.05) is 13.1 Å². The molecule has 1 heterocycles. The Kier molecular flexibility index (Phi) is 8.20. The normalized spacial score (nSPS) is 23.1. The fourth-order valence-electron chi connectivity index (χ4n) is 1.98. The van der Waals surface area contributed by atoms with Gasteiger partial charge in [-0.25, -0.2) is 0 Å². The number of aliphatic hydroxyl groups is 1. The molecule has 14 heavy (non-hydrogen) atoms. The lowest BCUT2D eigenvalue weighted by Gasteiger charge is -2.31. The Hall–Kier alpha value is -0.0800. The van der Waals surface area contributed by atoms with Crippen molar-refractivity contribution in [2.24, 2.45) is 0 Å². The molecule has 1 atom stereocenters. The van der Waals surface area contributed by atoms with Crippen LogP contribution in [0.4, 0.5) is 0 Å². The van der Waals surface area contributed by atoms with Crippen molar-refractivity contribution in [3.05, 3.63) is 0 Å². The Morgan fingerprint density at radius 2 is 2.00 bits per heavy atom. The van der Waals surface area contributed by atoms with Crippen LogP contribution < -0.4 is 0 Å². The molecule has 1 fully saturated rings. The molecule has 1 rings (SSSR count). The van der Waals surface area contributed by atoms with E-state index in [2.05, 4.69) is 11.8 Å². The highest BCUT2D eigenvalue weighted by Gasteiger charge is 2.18. The number of likely N-dealkylation sites (tertiary alicyclic amines) is 1. The highest BCUT2D eigenvalue weighted by atomic mass is 16.3. The maximum atomic E-state index is 9.65. The van der Waals surface area contributed by atoms with Gasteiger partial charge in [0.25, 0.3) is 0 Å². The fraction of sp³-hybridized carbons (Fsp3) is 1.00. The number of hydrogen-bond donors (Lipinski definition) is 1. The SMILES string of the molecule is C.CCCCCCN1CCCCC1O. The molecule has 0 radical (unpaired) electrons. The first-order valence-electron chi connectivity index (χ1n) is 5.76. The van der Waals surface area contributed by atoms with Gasteiger partial charge >= 0.3 is 0 Å². The van der Waals surface area contributed by atoms with Crippen molar-refractivity contribution in [3.63, 3.8) is 0 Å². The Morgan fingerprint density at radius 3 is 2.64 bits per heavy atom. The number of hydrogen-bond acceptors (Lipinski definition) is 2.